The molecule has 0 saturated carbocycles. The number of nitrogens with one attached hydrogen (secondary N) is 1. The van der Waals surface area contributed by atoms with Crippen LogP contribution >= 0.6 is 15.9 Å². The van der Waals surface area contributed by atoms with Gasteiger partial charge in [-0.05, 0) is 64.7 Å². The van der Waals surface area contributed by atoms with Crippen LogP contribution in [-0.2, 0) is 6.54 Å². The van der Waals surface area contributed by atoms with Crippen LogP contribution in [0.2, 0.25) is 0 Å². The van der Waals surface area contributed by atoms with E-state index in [9.17, 15) is 0 Å². The summed E-state index contributed by atoms with van der Waals surface area (Å²) in [7, 11) is 0. The molecule has 4 nitrogen and oxygen atoms in total. The van der Waals surface area contributed by atoms with E-state index in [4.69, 9.17) is 9.47 Å². The normalized spacial score (nSPS) is 12.6. The van der Waals surface area contributed by atoms with Gasteiger partial charge in [-0.15, -0.1) is 0 Å². The molecule has 2 aromatic rings. The van der Waals surface area contributed by atoms with Crippen LogP contribution in [0.5, 0.6) is 11.5 Å². The second kappa shape index (κ2) is 5.32. The van der Waals surface area contributed by atoms with Gasteiger partial charge in [0, 0.05) is 17.2 Å². The summed E-state index contributed by atoms with van der Waals surface area (Å²) < 4.78 is 11.8. The molecule has 20 heavy (non-hydrogen) atoms. The fraction of sp³-hybridized carbons (Fsp3) is 0.267. The molecule has 0 bridgehead atoms. The first-order valence-corrected chi connectivity index (χ1v) is 7.18. The van der Waals surface area contributed by atoms with Crippen molar-refractivity contribution in [2.45, 2.75) is 20.4 Å². The van der Waals surface area contributed by atoms with Crippen molar-refractivity contribution in [1.29, 1.82) is 0 Å². The van der Waals surface area contributed by atoms with Gasteiger partial charge in [0.15, 0.2) is 11.5 Å². The van der Waals surface area contributed by atoms with Gasteiger partial charge in [-0.25, -0.2) is 4.98 Å². The predicted octanol–water partition coefficient (Wildman–Crippen LogP) is 3.80. The highest BCUT2D eigenvalue weighted by molar-refractivity contribution is 9.10. The Bertz CT molecular complexity index is 659. The van der Waals surface area contributed by atoms with Crippen molar-refractivity contribution in [3.63, 3.8) is 0 Å². The number of aromatic nitrogens is 1. The molecule has 1 aliphatic rings. The first-order valence-electron chi connectivity index (χ1n) is 6.38. The molecule has 2 heterocycles. The standard InChI is InChI=1S/C15H15BrN2O2/c1-9-4-13-14(20-8-19-13)5-11(9)6-17-15-10(2)3-12(16)7-18-15/h3-5,7H,6,8H2,1-2H3,(H,17,18). The predicted molar refractivity (Wildman–Crippen MR) is 81.3 cm³/mol. The zero-order valence-corrected chi connectivity index (χ0v) is 13.0. The van der Waals surface area contributed by atoms with Gasteiger partial charge in [-0.1, -0.05) is 0 Å². The van der Waals surface area contributed by atoms with Gasteiger partial charge >= 0.3 is 0 Å². The summed E-state index contributed by atoms with van der Waals surface area (Å²) in [5, 5.41) is 3.36. The van der Waals surface area contributed by atoms with Gasteiger partial charge in [-0.3, -0.25) is 0 Å². The maximum Gasteiger partial charge on any atom is 0.231 e. The third-order valence-corrected chi connectivity index (χ3v) is 3.76. The summed E-state index contributed by atoms with van der Waals surface area (Å²) >= 11 is 3.42. The molecule has 104 valence electrons. The quantitative estimate of drug-likeness (QED) is 0.927. The Morgan fingerprint density at radius 3 is 2.65 bits per heavy atom. The SMILES string of the molecule is Cc1cc2c(cc1CNc1ncc(Br)cc1C)OCO2. The Kier molecular flexibility index (Phi) is 3.53. The first-order chi connectivity index (χ1) is 9.63. The molecule has 0 atom stereocenters. The van der Waals surface area contributed by atoms with E-state index in [1.807, 2.05) is 25.1 Å². The van der Waals surface area contributed by atoms with Crippen molar-refractivity contribution in [3.05, 3.63) is 45.6 Å². The highest BCUT2D eigenvalue weighted by Crippen LogP contribution is 2.34. The number of pyridine rings is 1. The van der Waals surface area contributed by atoms with E-state index in [-0.39, 0.29) is 0 Å². The van der Waals surface area contributed by atoms with Crippen molar-refractivity contribution < 1.29 is 9.47 Å². The smallest absolute Gasteiger partial charge is 0.231 e. The summed E-state index contributed by atoms with van der Waals surface area (Å²) in [6.07, 6.45) is 1.79. The molecule has 5 heteroatoms. The van der Waals surface area contributed by atoms with E-state index in [0.29, 0.717) is 13.3 Å². The van der Waals surface area contributed by atoms with Crippen LogP contribution in [-0.4, -0.2) is 11.8 Å². The van der Waals surface area contributed by atoms with Gasteiger partial charge < -0.3 is 14.8 Å². The molecule has 0 saturated heterocycles. The Labute approximate surface area is 126 Å². The maximum atomic E-state index is 5.41. The molecule has 0 unspecified atom stereocenters. The highest BCUT2D eigenvalue weighted by Gasteiger charge is 2.15. The zero-order valence-electron chi connectivity index (χ0n) is 11.4. The number of fused-ring (bicyclic) bond motifs is 1. The van der Waals surface area contributed by atoms with Crippen molar-refractivity contribution in [1.82, 2.24) is 4.98 Å². The molecular weight excluding hydrogens is 320 g/mol. The Balaban J connectivity index is 1.78. The lowest BCUT2D eigenvalue weighted by molar-refractivity contribution is 0.174. The molecule has 0 amide bonds. The van der Waals surface area contributed by atoms with E-state index in [0.717, 1.165) is 27.4 Å². The number of nitrogens with zero attached hydrogens (tertiary/aromatic N) is 1. The van der Waals surface area contributed by atoms with Crippen LogP contribution in [0.3, 0.4) is 0 Å². The highest BCUT2D eigenvalue weighted by atomic mass is 79.9. The Morgan fingerprint density at radius 2 is 1.90 bits per heavy atom. The maximum absolute atomic E-state index is 5.41. The topological polar surface area (TPSA) is 43.4 Å². The average Bonchev–Trinajstić information content (AvgIpc) is 2.84. The summed E-state index contributed by atoms with van der Waals surface area (Å²) in [5.74, 6) is 2.53. The molecule has 1 N–H and O–H groups in total. The van der Waals surface area contributed by atoms with Crippen LogP contribution in [0.4, 0.5) is 5.82 Å². The first kappa shape index (κ1) is 13.2. The lowest BCUT2D eigenvalue weighted by Crippen LogP contribution is -2.04. The summed E-state index contributed by atoms with van der Waals surface area (Å²) in [6, 6.07) is 6.09. The van der Waals surface area contributed by atoms with Crippen molar-refractivity contribution in [3.8, 4) is 11.5 Å². The van der Waals surface area contributed by atoms with Crippen LogP contribution in [0.25, 0.3) is 0 Å². The number of rotatable bonds is 3. The minimum Gasteiger partial charge on any atom is -0.454 e. The fourth-order valence-electron chi connectivity index (χ4n) is 2.18. The number of benzene rings is 1. The number of aryl methyl sites for hydroxylation is 2. The third kappa shape index (κ3) is 2.58. The average molecular weight is 335 g/mol. The summed E-state index contributed by atoms with van der Waals surface area (Å²) in [6.45, 7) is 5.12. The largest absolute Gasteiger partial charge is 0.454 e. The van der Waals surface area contributed by atoms with E-state index in [1.54, 1.807) is 6.20 Å². The molecule has 0 fully saturated rings. The van der Waals surface area contributed by atoms with Gasteiger partial charge in [-0.2, -0.15) is 0 Å². The van der Waals surface area contributed by atoms with Gasteiger partial charge in [0.25, 0.3) is 0 Å². The van der Waals surface area contributed by atoms with E-state index >= 15 is 0 Å². The molecule has 0 aliphatic carbocycles. The van der Waals surface area contributed by atoms with Crippen LogP contribution in [0, 0.1) is 13.8 Å². The lowest BCUT2D eigenvalue weighted by atomic mass is 10.1. The summed E-state index contributed by atoms with van der Waals surface area (Å²) in [4.78, 5) is 4.38. The van der Waals surface area contributed by atoms with E-state index < -0.39 is 0 Å². The van der Waals surface area contributed by atoms with Crippen LogP contribution < -0.4 is 14.8 Å². The van der Waals surface area contributed by atoms with E-state index in [1.165, 1.54) is 11.1 Å². The van der Waals surface area contributed by atoms with Crippen molar-refractivity contribution in [2.75, 3.05) is 12.1 Å². The monoisotopic (exact) mass is 334 g/mol. The summed E-state index contributed by atoms with van der Waals surface area (Å²) in [5.41, 5.74) is 3.47. The van der Waals surface area contributed by atoms with Crippen molar-refractivity contribution in [2.24, 2.45) is 0 Å². The minimum atomic E-state index is 0.305. The van der Waals surface area contributed by atoms with E-state index in [2.05, 4.69) is 33.2 Å². The second-order valence-electron chi connectivity index (χ2n) is 4.80. The zero-order chi connectivity index (χ0) is 14.1. The number of anilines is 1. The Morgan fingerprint density at radius 1 is 1.15 bits per heavy atom. The molecule has 1 aliphatic heterocycles. The molecular formula is C15H15BrN2O2. The number of hydrogen-bond donors (Lipinski definition) is 1. The number of hydrogen-bond acceptors (Lipinski definition) is 4. The molecule has 3 rings (SSSR count). The van der Waals surface area contributed by atoms with Crippen LogP contribution in [0.1, 0.15) is 16.7 Å². The molecule has 1 aromatic carbocycles. The van der Waals surface area contributed by atoms with Crippen molar-refractivity contribution >= 4 is 21.7 Å². The molecule has 0 radical (unpaired) electrons. The Hall–Kier alpha value is -1.75. The third-order valence-electron chi connectivity index (χ3n) is 3.32. The van der Waals surface area contributed by atoms with Crippen LogP contribution in [0.15, 0.2) is 28.9 Å². The van der Waals surface area contributed by atoms with Gasteiger partial charge in [0.1, 0.15) is 5.82 Å². The minimum absolute atomic E-state index is 0.305. The molecule has 1 aromatic heterocycles. The lowest BCUT2D eigenvalue weighted by Gasteiger charge is -2.11. The van der Waals surface area contributed by atoms with Gasteiger partial charge in [0.05, 0.1) is 0 Å². The second-order valence-corrected chi connectivity index (χ2v) is 5.72. The van der Waals surface area contributed by atoms with Gasteiger partial charge in [0.2, 0.25) is 6.79 Å². The number of halogens is 1. The number of ether oxygens (including phenoxy) is 2. The fourth-order valence-corrected chi connectivity index (χ4v) is 2.63. The molecule has 0 spiro atoms.